The highest BCUT2D eigenvalue weighted by Crippen LogP contribution is 2.42. The van der Waals surface area contributed by atoms with E-state index in [1.165, 1.54) is 42.6 Å². The Balaban J connectivity index is 1.74. The smallest absolute Gasteiger partial charge is 0.295 e. The molecular formula is C25H22FNO5S. The molecule has 0 bridgehead atoms. The van der Waals surface area contributed by atoms with Crippen LogP contribution in [0.25, 0.3) is 5.76 Å². The molecule has 1 amide bonds. The maximum absolute atomic E-state index is 13.2. The van der Waals surface area contributed by atoms with E-state index in [0.717, 1.165) is 10.4 Å². The van der Waals surface area contributed by atoms with Gasteiger partial charge < -0.3 is 19.5 Å². The van der Waals surface area contributed by atoms with Gasteiger partial charge in [-0.05, 0) is 53.8 Å². The molecule has 1 aliphatic heterocycles. The molecule has 4 rings (SSSR count). The number of methoxy groups -OCH3 is 2. The number of benzene rings is 2. The normalized spacial score (nSPS) is 17.4. The number of carbonyl (C=O) groups excluding carboxylic acids is 2. The summed E-state index contributed by atoms with van der Waals surface area (Å²) < 4.78 is 23.8. The maximum Gasteiger partial charge on any atom is 0.295 e. The molecule has 0 aliphatic carbocycles. The average Bonchev–Trinajstić information content (AvgIpc) is 3.45. The summed E-state index contributed by atoms with van der Waals surface area (Å²) in [6.45, 7) is 0.238. The number of nitrogens with zero attached hydrogens (tertiary/aromatic N) is 1. The third-order valence-corrected chi connectivity index (χ3v) is 6.49. The molecule has 33 heavy (non-hydrogen) atoms. The number of thiophene rings is 1. The van der Waals surface area contributed by atoms with Gasteiger partial charge in [0.2, 0.25) is 0 Å². The number of likely N-dealkylation sites (tertiary alicyclic amines) is 1. The van der Waals surface area contributed by atoms with Crippen LogP contribution < -0.4 is 9.47 Å². The summed E-state index contributed by atoms with van der Waals surface area (Å²) in [5.41, 5.74) is 1.20. The van der Waals surface area contributed by atoms with Crippen LogP contribution in [0.3, 0.4) is 0 Å². The number of hydrogen-bond acceptors (Lipinski definition) is 6. The second-order valence-electron chi connectivity index (χ2n) is 7.45. The summed E-state index contributed by atoms with van der Waals surface area (Å²) in [5, 5.41) is 13.0. The Kier molecular flexibility index (Phi) is 6.46. The Morgan fingerprint density at radius 2 is 1.79 bits per heavy atom. The lowest BCUT2D eigenvalue weighted by atomic mass is 9.99. The SMILES string of the molecule is COc1ccc(/C(O)=C2/C(=O)C(=O)N(CCc3ccc(F)cc3)C2c2cccs2)cc1OC. The van der Waals surface area contributed by atoms with Crippen molar-refractivity contribution >= 4 is 28.8 Å². The van der Waals surface area contributed by atoms with E-state index in [2.05, 4.69) is 0 Å². The first kappa shape index (κ1) is 22.5. The highest BCUT2D eigenvalue weighted by atomic mass is 32.1. The fourth-order valence-corrected chi connectivity index (χ4v) is 4.74. The van der Waals surface area contributed by atoms with E-state index in [1.807, 2.05) is 17.5 Å². The highest BCUT2D eigenvalue weighted by molar-refractivity contribution is 7.10. The molecule has 2 heterocycles. The van der Waals surface area contributed by atoms with Crippen LogP contribution in [-0.2, 0) is 16.0 Å². The molecule has 6 nitrogen and oxygen atoms in total. The standard InChI is InChI=1S/C25H22FNO5S/c1-31-18-10-7-16(14-19(18)32-2)23(28)21-22(20-4-3-13-33-20)27(25(30)24(21)29)12-11-15-5-8-17(26)9-6-15/h3-10,13-14,22,28H,11-12H2,1-2H3/b23-21-. The minimum Gasteiger partial charge on any atom is -0.507 e. The lowest BCUT2D eigenvalue weighted by Gasteiger charge is -2.24. The van der Waals surface area contributed by atoms with Crippen LogP contribution in [0.15, 0.2) is 65.6 Å². The van der Waals surface area contributed by atoms with Gasteiger partial charge >= 0.3 is 0 Å². The fraction of sp³-hybridized carbons (Fsp3) is 0.200. The first-order valence-corrected chi connectivity index (χ1v) is 11.1. The first-order chi connectivity index (χ1) is 15.9. The topological polar surface area (TPSA) is 76.1 Å². The monoisotopic (exact) mass is 467 g/mol. The maximum atomic E-state index is 13.2. The highest BCUT2D eigenvalue weighted by Gasteiger charge is 2.46. The van der Waals surface area contributed by atoms with Gasteiger partial charge in [0.25, 0.3) is 11.7 Å². The second-order valence-corrected chi connectivity index (χ2v) is 8.43. The van der Waals surface area contributed by atoms with Crippen molar-refractivity contribution in [1.29, 1.82) is 0 Å². The third kappa shape index (κ3) is 4.34. The van der Waals surface area contributed by atoms with E-state index in [1.54, 1.807) is 30.3 Å². The molecule has 170 valence electrons. The molecule has 3 aromatic rings. The van der Waals surface area contributed by atoms with E-state index in [4.69, 9.17) is 9.47 Å². The van der Waals surface area contributed by atoms with Gasteiger partial charge in [0, 0.05) is 17.0 Å². The van der Waals surface area contributed by atoms with Gasteiger partial charge in [-0.2, -0.15) is 0 Å². The minimum atomic E-state index is -0.750. The summed E-state index contributed by atoms with van der Waals surface area (Å²) in [5.74, 6) is -1.19. The van der Waals surface area contributed by atoms with Crippen LogP contribution in [0.5, 0.6) is 11.5 Å². The van der Waals surface area contributed by atoms with Crippen LogP contribution in [-0.4, -0.2) is 42.5 Å². The summed E-state index contributed by atoms with van der Waals surface area (Å²) in [7, 11) is 2.97. The Labute approximate surface area is 194 Å². The number of ether oxygens (including phenoxy) is 2. The number of hydrogen-bond donors (Lipinski definition) is 1. The minimum absolute atomic E-state index is 0.0220. The van der Waals surface area contributed by atoms with E-state index < -0.39 is 17.7 Å². The van der Waals surface area contributed by atoms with Gasteiger partial charge in [0.05, 0.1) is 25.8 Å². The van der Waals surface area contributed by atoms with Crippen molar-refractivity contribution in [2.75, 3.05) is 20.8 Å². The van der Waals surface area contributed by atoms with Crippen LogP contribution >= 0.6 is 11.3 Å². The molecule has 0 radical (unpaired) electrons. The molecule has 1 saturated heterocycles. The Bertz CT molecular complexity index is 1200. The van der Waals surface area contributed by atoms with Gasteiger partial charge in [-0.25, -0.2) is 4.39 Å². The zero-order valence-electron chi connectivity index (χ0n) is 18.1. The van der Waals surface area contributed by atoms with Crippen molar-refractivity contribution < 1.29 is 28.6 Å². The molecule has 1 aromatic heterocycles. The predicted octanol–water partition coefficient (Wildman–Crippen LogP) is 4.57. The number of aliphatic hydroxyl groups excluding tert-OH is 1. The molecule has 0 spiro atoms. The zero-order valence-corrected chi connectivity index (χ0v) is 18.9. The van der Waals surface area contributed by atoms with Gasteiger partial charge in [-0.15, -0.1) is 11.3 Å². The predicted molar refractivity (Wildman–Crippen MR) is 123 cm³/mol. The Hall–Kier alpha value is -3.65. The van der Waals surface area contributed by atoms with E-state index >= 15 is 0 Å². The number of carbonyl (C=O) groups is 2. The van der Waals surface area contributed by atoms with Crippen LogP contribution in [0.2, 0.25) is 0 Å². The van der Waals surface area contributed by atoms with Gasteiger partial charge in [0.15, 0.2) is 11.5 Å². The number of rotatable bonds is 7. The molecule has 1 N–H and O–H groups in total. The molecule has 0 saturated carbocycles. The second kappa shape index (κ2) is 9.46. The largest absolute Gasteiger partial charge is 0.507 e. The number of halogens is 1. The van der Waals surface area contributed by atoms with Crippen molar-refractivity contribution in [3.8, 4) is 11.5 Å². The van der Waals surface area contributed by atoms with Crippen molar-refractivity contribution in [2.45, 2.75) is 12.5 Å². The van der Waals surface area contributed by atoms with E-state index in [9.17, 15) is 19.1 Å². The molecule has 8 heteroatoms. The Morgan fingerprint density at radius 3 is 2.42 bits per heavy atom. The van der Waals surface area contributed by atoms with Crippen LogP contribution in [0.4, 0.5) is 4.39 Å². The fourth-order valence-electron chi connectivity index (χ4n) is 3.89. The Morgan fingerprint density at radius 1 is 1.06 bits per heavy atom. The third-order valence-electron chi connectivity index (χ3n) is 5.56. The number of ketones is 1. The van der Waals surface area contributed by atoms with Gasteiger partial charge in [0.1, 0.15) is 11.6 Å². The van der Waals surface area contributed by atoms with Crippen molar-refractivity contribution in [3.05, 3.63) is 87.4 Å². The summed E-state index contributed by atoms with van der Waals surface area (Å²) in [6, 6.07) is 13.7. The molecule has 2 aromatic carbocycles. The van der Waals surface area contributed by atoms with Crippen molar-refractivity contribution in [1.82, 2.24) is 4.90 Å². The molecular weight excluding hydrogens is 445 g/mol. The van der Waals surface area contributed by atoms with Crippen molar-refractivity contribution in [3.63, 3.8) is 0 Å². The number of amides is 1. The van der Waals surface area contributed by atoms with Crippen LogP contribution in [0, 0.1) is 5.82 Å². The molecule has 1 fully saturated rings. The number of aliphatic hydroxyl groups is 1. The summed E-state index contributed by atoms with van der Waals surface area (Å²) >= 11 is 1.40. The van der Waals surface area contributed by atoms with E-state index in [0.29, 0.717) is 23.5 Å². The zero-order chi connectivity index (χ0) is 23.5. The summed E-state index contributed by atoms with van der Waals surface area (Å²) in [4.78, 5) is 28.3. The lowest BCUT2D eigenvalue weighted by Crippen LogP contribution is -2.31. The van der Waals surface area contributed by atoms with Crippen molar-refractivity contribution in [2.24, 2.45) is 0 Å². The van der Waals surface area contributed by atoms with Gasteiger partial charge in [-0.3, -0.25) is 9.59 Å². The quantitative estimate of drug-likeness (QED) is 0.313. The number of Topliss-reactive ketones (excluding diaryl/α,β-unsaturated/α-hetero) is 1. The van der Waals surface area contributed by atoms with E-state index in [-0.39, 0.29) is 23.7 Å². The first-order valence-electron chi connectivity index (χ1n) is 10.2. The average molecular weight is 468 g/mol. The van der Waals surface area contributed by atoms with Crippen LogP contribution in [0.1, 0.15) is 22.0 Å². The van der Waals surface area contributed by atoms with Gasteiger partial charge in [-0.1, -0.05) is 18.2 Å². The summed E-state index contributed by atoms with van der Waals surface area (Å²) in [6.07, 6.45) is 0.436. The molecule has 1 unspecified atom stereocenters. The molecule has 1 atom stereocenters. The lowest BCUT2D eigenvalue weighted by molar-refractivity contribution is -0.139. The molecule has 1 aliphatic rings.